The van der Waals surface area contributed by atoms with Crippen molar-refractivity contribution in [3.63, 3.8) is 0 Å². The Morgan fingerprint density at radius 1 is 1.80 bits per heavy atom. The summed E-state index contributed by atoms with van der Waals surface area (Å²) in [5.41, 5.74) is 2.73. The average Bonchev–Trinajstić information content (AvgIpc) is 2.83. The summed E-state index contributed by atoms with van der Waals surface area (Å²) >= 11 is 1.54. The fourth-order valence-corrected chi connectivity index (χ4v) is 2.38. The summed E-state index contributed by atoms with van der Waals surface area (Å²) in [5, 5.41) is 11.1. The van der Waals surface area contributed by atoms with Gasteiger partial charge in [-0.3, -0.25) is 9.69 Å². The van der Waals surface area contributed by atoms with E-state index in [4.69, 9.17) is 5.11 Å². The maximum atomic E-state index is 11.1. The maximum Gasteiger partial charge on any atom is 0.321 e. The first kappa shape index (κ1) is 10.6. The van der Waals surface area contributed by atoms with Crippen LogP contribution in [-0.2, 0) is 11.3 Å². The van der Waals surface area contributed by atoms with Crippen LogP contribution in [0.15, 0.2) is 10.9 Å². The Labute approximate surface area is 92.6 Å². The van der Waals surface area contributed by atoms with Crippen molar-refractivity contribution >= 4 is 17.3 Å². The molecule has 1 N–H and O–H groups in total. The minimum Gasteiger partial charge on any atom is -0.480 e. The highest BCUT2D eigenvalue weighted by Gasteiger charge is 2.38. The van der Waals surface area contributed by atoms with E-state index in [2.05, 4.69) is 4.98 Å². The number of carboxylic acids is 1. The molecule has 1 heterocycles. The summed E-state index contributed by atoms with van der Waals surface area (Å²) in [6, 6.07) is -0.341. The molecule has 0 radical (unpaired) electrons. The predicted octanol–water partition coefficient (Wildman–Crippen LogP) is 1.44. The van der Waals surface area contributed by atoms with Gasteiger partial charge in [-0.25, -0.2) is 4.98 Å². The number of rotatable bonds is 5. The van der Waals surface area contributed by atoms with Crippen LogP contribution >= 0.6 is 11.3 Å². The van der Waals surface area contributed by atoms with Crippen molar-refractivity contribution in [1.29, 1.82) is 0 Å². The molecule has 1 aromatic rings. The number of carbonyl (C=O) groups is 1. The lowest BCUT2D eigenvalue weighted by Crippen LogP contribution is -2.39. The minimum absolute atomic E-state index is 0.339. The summed E-state index contributed by atoms with van der Waals surface area (Å²) in [6.07, 6.45) is 2.08. The Balaban J connectivity index is 1.98. The van der Waals surface area contributed by atoms with Gasteiger partial charge in [-0.2, -0.15) is 0 Å². The van der Waals surface area contributed by atoms with Crippen LogP contribution in [0.5, 0.6) is 0 Å². The van der Waals surface area contributed by atoms with Gasteiger partial charge in [-0.15, -0.1) is 11.3 Å². The molecule has 1 saturated carbocycles. The van der Waals surface area contributed by atoms with Gasteiger partial charge in [-0.1, -0.05) is 0 Å². The Morgan fingerprint density at radius 3 is 3.00 bits per heavy atom. The second-order valence-corrected chi connectivity index (χ2v) is 4.73. The van der Waals surface area contributed by atoms with Gasteiger partial charge in [0.25, 0.3) is 0 Å². The van der Waals surface area contributed by atoms with Crippen molar-refractivity contribution in [2.75, 3.05) is 7.05 Å². The van der Waals surface area contributed by atoms with Gasteiger partial charge < -0.3 is 5.11 Å². The van der Waals surface area contributed by atoms with Gasteiger partial charge in [0.15, 0.2) is 0 Å². The number of aliphatic carboxylic acids is 1. The van der Waals surface area contributed by atoms with Crippen LogP contribution in [-0.4, -0.2) is 34.0 Å². The quantitative estimate of drug-likeness (QED) is 0.825. The van der Waals surface area contributed by atoms with E-state index in [-0.39, 0.29) is 6.04 Å². The fraction of sp³-hybridized carbons (Fsp3) is 0.600. The molecule has 15 heavy (non-hydrogen) atoms. The lowest BCUT2D eigenvalue weighted by molar-refractivity contribution is -0.143. The molecular formula is C10H14N2O2S. The summed E-state index contributed by atoms with van der Waals surface area (Å²) in [4.78, 5) is 17.1. The molecule has 0 aliphatic heterocycles. The zero-order valence-electron chi connectivity index (χ0n) is 8.59. The molecule has 2 rings (SSSR count). The van der Waals surface area contributed by atoms with Gasteiger partial charge >= 0.3 is 5.97 Å². The molecule has 5 heteroatoms. The number of aromatic nitrogens is 1. The highest BCUT2D eigenvalue weighted by Crippen LogP contribution is 2.35. The van der Waals surface area contributed by atoms with Crippen LogP contribution in [0.3, 0.4) is 0 Å². The van der Waals surface area contributed by atoms with Crippen LogP contribution < -0.4 is 0 Å². The van der Waals surface area contributed by atoms with Crippen molar-refractivity contribution in [1.82, 2.24) is 9.88 Å². The molecule has 82 valence electrons. The molecule has 0 saturated heterocycles. The van der Waals surface area contributed by atoms with Gasteiger partial charge in [0.2, 0.25) is 0 Å². The Hall–Kier alpha value is -0.940. The van der Waals surface area contributed by atoms with E-state index < -0.39 is 5.97 Å². The van der Waals surface area contributed by atoms with E-state index >= 15 is 0 Å². The normalized spacial score (nSPS) is 18.0. The second-order valence-electron chi connectivity index (χ2n) is 4.02. The minimum atomic E-state index is -0.713. The van der Waals surface area contributed by atoms with Gasteiger partial charge in [0, 0.05) is 11.9 Å². The van der Waals surface area contributed by atoms with Crippen LogP contribution in [0.25, 0.3) is 0 Å². The van der Waals surface area contributed by atoms with Gasteiger partial charge in [-0.05, 0) is 25.8 Å². The summed E-state index contributed by atoms with van der Waals surface area (Å²) in [7, 11) is 1.86. The zero-order chi connectivity index (χ0) is 10.8. The second kappa shape index (κ2) is 4.28. The zero-order valence-corrected chi connectivity index (χ0v) is 9.41. The summed E-state index contributed by atoms with van der Waals surface area (Å²) in [6.45, 7) is 0.622. The molecule has 1 unspecified atom stereocenters. The number of hydrogen-bond acceptors (Lipinski definition) is 4. The molecule has 1 aliphatic carbocycles. The largest absolute Gasteiger partial charge is 0.480 e. The maximum absolute atomic E-state index is 11.1. The van der Waals surface area contributed by atoms with Crippen molar-refractivity contribution in [2.45, 2.75) is 25.4 Å². The standard InChI is InChI=1S/C10H14N2O2S/c1-12(4-8-5-15-6-11-8)9(10(13)14)7-2-3-7/h5-7,9H,2-4H2,1H3,(H,13,14). The number of likely N-dealkylation sites (N-methyl/N-ethyl adjacent to an activating group) is 1. The SMILES string of the molecule is CN(Cc1cscn1)C(C(=O)O)C1CC1. The summed E-state index contributed by atoms with van der Waals surface area (Å²) in [5.74, 6) is -0.374. The monoisotopic (exact) mass is 226 g/mol. The van der Waals surface area contributed by atoms with Crippen LogP contribution in [0.2, 0.25) is 0 Å². The first-order chi connectivity index (χ1) is 7.18. The Bertz CT molecular complexity index is 335. The summed E-state index contributed by atoms with van der Waals surface area (Å²) < 4.78 is 0. The molecular weight excluding hydrogens is 212 g/mol. The molecule has 1 aromatic heterocycles. The lowest BCUT2D eigenvalue weighted by atomic mass is 10.1. The fourth-order valence-electron chi connectivity index (χ4n) is 1.83. The van der Waals surface area contributed by atoms with Gasteiger partial charge in [0.1, 0.15) is 6.04 Å². The smallest absolute Gasteiger partial charge is 0.321 e. The third-order valence-corrected chi connectivity index (χ3v) is 3.33. The number of carboxylic acid groups (broad SMARTS) is 1. The van der Waals surface area contributed by atoms with Crippen molar-refractivity contribution in [3.05, 3.63) is 16.6 Å². The molecule has 0 spiro atoms. The number of nitrogens with zero attached hydrogens (tertiary/aromatic N) is 2. The van der Waals surface area contributed by atoms with Crippen molar-refractivity contribution in [2.24, 2.45) is 5.92 Å². The third-order valence-electron chi connectivity index (χ3n) is 2.69. The first-order valence-electron chi connectivity index (χ1n) is 4.98. The third kappa shape index (κ3) is 2.54. The lowest BCUT2D eigenvalue weighted by Gasteiger charge is -2.23. The molecule has 0 bridgehead atoms. The van der Waals surface area contributed by atoms with E-state index in [0.717, 1.165) is 18.5 Å². The van der Waals surface area contributed by atoms with E-state index in [1.165, 1.54) is 0 Å². The van der Waals surface area contributed by atoms with Crippen LogP contribution in [0.4, 0.5) is 0 Å². The van der Waals surface area contributed by atoms with Crippen LogP contribution in [0, 0.1) is 5.92 Å². The molecule has 0 amide bonds. The number of thiazole rings is 1. The molecule has 1 fully saturated rings. The first-order valence-corrected chi connectivity index (χ1v) is 5.93. The highest BCUT2D eigenvalue weighted by atomic mass is 32.1. The van der Waals surface area contributed by atoms with E-state index in [0.29, 0.717) is 12.5 Å². The predicted molar refractivity (Wildman–Crippen MR) is 57.7 cm³/mol. The van der Waals surface area contributed by atoms with Crippen molar-refractivity contribution < 1.29 is 9.90 Å². The molecule has 4 nitrogen and oxygen atoms in total. The Morgan fingerprint density at radius 2 is 2.53 bits per heavy atom. The Kier molecular flexibility index (Phi) is 3.02. The average molecular weight is 226 g/mol. The highest BCUT2D eigenvalue weighted by molar-refractivity contribution is 7.07. The molecule has 1 atom stereocenters. The van der Waals surface area contributed by atoms with E-state index in [1.807, 2.05) is 17.3 Å². The topological polar surface area (TPSA) is 53.4 Å². The van der Waals surface area contributed by atoms with E-state index in [1.54, 1.807) is 16.8 Å². The number of hydrogen-bond donors (Lipinski definition) is 1. The van der Waals surface area contributed by atoms with Gasteiger partial charge in [0.05, 0.1) is 11.2 Å². The van der Waals surface area contributed by atoms with Crippen LogP contribution in [0.1, 0.15) is 18.5 Å². The molecule has 0 aromatic carbocycles. The van der Waals surface area contributed by atoms with E-state index in [9.17, 15) is 4.79 Å². The van der Waals surface area contributed by atoms with Crippen molar-refractivity contribution in [3.8, 4) is 0 Å². The molecule has 1 aliphatic rings.